The average molecular weight is 366 g/mol. The van der Waals surface area contributed by atoms with Gasteiger partial charge in [0.1, 0.15) is 5.56 Å². The molecular formula is C20H19N2O3P. The van der Waals surface area contributed by atoms with Crippen molar-refractivity contribution in [3.63, 3.8) is 0 Å². The predicted octanol–water partition coefficient (Wildman–Crippen LogP) is 2.93. The fourth-order valence-electron chi connectivity index (χ4n) is 3.60. The van der Waals surface area contributed by atoms with Gasteiger partial charge in [-0.3, -0.25) is 9.20 Å². The minimum Gasteiger partial charge on any atom is -0.477 e. The van der Waals surface area contributed by atoms with E-state index < -0.39 is 11.5 Å². The quantitative estimate of drug-likeness (QED) is 0.551. The van der Waals surface area contributed by atoms with E-state index in [1.54, 1.807) is 12.3 Å². The Morgan fingerprint density at radius 2 is 2.00 bits per heavy atom. The van der Waals surface area contributed by atoms with E-state index in [-0.39, 0.29) is 5.56 Å². The highest BCUT2D eigenvalue weighted by atomic mass is 31.0. The summed E-state index contributed by atoms with van der Waals surface area (Å²) in [5.41, 5.74) is 10.7. The number of carboxylic acid groups (broad SMARTS) is 1. The van der Waals surface area contributed by atoms with E-state index >= 15 is 0 Å². The van der Waals surface area contributed by atoms with Crippen molar-refractivity contribution in [1.82, 2.24) is 4.40 Å². The van der Waals surface area contributed by atoms with Crippen LogP contribution in [0.3, 0.4) is 0 Å². The van der Waals surface area contributed by atoms with Gasteiger partial charge in [0.05, 0.1) is 5.52 Å². The zero-order valence-electron chi connectivity index (χ0n) is 14.3. The molecule has 0 spiro atoms. The summed E-state index contributed by atoms with van der Waals surface area (Å²) < 4.78 is 1.48. The third-order valence-electron chi connectivity index (χ3n) is 4.95. The third-order valence-corrected chi connectivity index (χ3v) is 5.28. The first-order valence-corrected chi connectivity index (χ1v) is 9.03. The largest absolute Gasteiger partial charge is 0.477 e. The number of fused-ring (bicyclic) bond motifs is 1. The van der Waals surface area contributed by atoms with Crippen LogP contribution in [0.15, 0.2) is 41.3 Å². The normalized spacial score (nSPS) is 13.9. The Hall–Kier alpha value is -2.65. The number of rotatable bonds is 3. The van der Waals surface area contributed by atoms with Crippen LogP contribution in [0.25, 0.3) is 16.6 Å². The van der Waals surface area contributed by atoms with Crippen molar-refractivity contribution >= 4 is 31.7 Å². The van der Waals surface area contributed by atoms with Gasteiger partial charge >= 0.3 is 5.97 Å². The van der Waals surface area contributed by atoms with Crippen molar-refractivity contribution in [2.45, 2.75) is 25.7 Å². The molecule has 3 N–H and O–H groups in total. The zero-order valence-corrected chi connectivity index (χ0v) is 15.5. The Balaban J connectivity index is 2.06. The van der Waals surface area contributed by atoms with Gasteiger partial charge in [-0.1, -0.05) is 0 Å². The van der Waals surface area contributed by atoms with Gasteiger partial charge in [-0.05, 0) is 83.6 Å². The number of aryl methyl sites for hydroxylation is 1. The molecule has 6 heteroatoms. The van der Waals surface area contributed by atoms with Crippen LogP contribution in [0.2, 0.25) is 0 Å². The van der Waals surface area contributed by atoms with Gasteiger partial charge in [-0.2, -0.15) is 0 Å². The number of hydrogen-bond donors (Lipinski definition) is 2. The van der Waals surface area contributed by atoms with Crippen LogP contribution in [0, 0.1) is 6.92 Å². The van der Waals surface area contributed by atoms with Crippen LogP contribution in [0.5, 0.6) is 0 Å². The topological polar surface area (TPSA) is 84.8 Å². The van der Waals surface area contributed by atoms with E-state index in [9.17, 15) is 14.7 Å². The summed E-state index contributed by atoms with van der Waals surface area (Å²) in [6.07, 6.45) is 3.71. The maximum absolute atomic E-state index is 12.6. The molecule has 0 aliphatic heterocycles. The molecule has 1 fully saturated rings. The standard InChI is InChI=1S/C20H19N2O3P/c1-10-15(12-6-13(21)8-14(26)7-12)4-5-22-18(10)16(11-2-3-11)9-17(19(22)23)20(24)25/h4-9,11H,2-3,21,26H2,1H3,(H,24,25). The summed E-state index contributed by atoms with van der Waals surface area (Å²) in [7, 11) is 2.65. The monoisotopic (exact) mass is 366 g/mol. The van der Waals surface area contributed by atoms with Gasteiger partial charge in [-0.15, -0.1) is 9.24 Å². The highest BCUT2D eigenvalue weighted by Gasteiger charge is 2.29. The lowest BCUT2D eigenvalue weighted by Gasteiger charge is -2.16. The molecule has 1 unspecified atom stereocenters. The highest BCUT2D eigenvalue weighted by molar-refractivity contribution is 7.27. The number of carboxylic acids is 1. The number of nitrogens with two attached hydrogens (primary N) is 1. The molecule has 3 aromatic rings. The average Bonchev–Trinajstić information content (AvgIpc) is 3.39. The molecule has 132 valence electrons. The third kappa shape index (κ3) is 2.69. The molecule has 1 aliphatic rings. The Labute approximate surface area is 152 Å². The molecule has 1 aliphatic carbocycles. The van der Waals surface area contributed by atoms with Gasteiger partial charge in [0, 0.05) is 11.9 Å². The van der Waals surface area contributed by atoms with Crippen molar-refractivity contribution in [2.24, 2.45) is 0 Å². The number of aromatic carboxylic acids is 1. The molecule has 1 atom stereocenters. The number of hydrogen-bond acceptors (Lipinski definition) is 3. The van der Waals surface area contributed by atoms with Crippen LogP contribution in [-0.4, -0.2) is 15.5 Å². The lowest BCUT2D eigenvalue weighted by atomic mass is 9.96. The zero-order chi connectivity index (χ0) is 18.6. The number of aromatic nitrogens is 1. The van der Waals surface area contributed by atoms with Gasteiger partial charge in [0.2, 0.25) is 0 Å². The van der Waals surface area contributed by atoms with E-state index in [4.69, 9.17) is 5.73 Å². The highest BCUT2D eigenvalue weighted by Crippen LogP contribution is 2.43. The van der Waals surface area contributed by atoms with E-state index in [1.807, 2.05) is 31.2 Å². The Bertz CT molecular complexity index is 1110. The molecule has 0 radical (unpaired) electrons. The molecule has 4 rings (SSSR count). The first-order valence-electron chi connectivity index (χ1n) is 8.45. The second kappa shape index (κ2) is 5.96. The number of pyridine rings is 2. The molecule has 0 saturated heterocycles. The number of nitrogens with zero attached hydrogens (tertiary/aromatic N) is 1. The van der Waals surface area contributed by atoms with Crippen LogP contribution in [0.1, 0.15) is 40.2 Å². The first kappa shape index (κ1) is 16.8. The predicted molar refractivity (Wildman–Crippen MR) is 107 cm³/mol. The Morgan fingerprint density at radius 1 is 1.27 bits per heavy atom. The minimum absolute atomic E-state index is 0.173. The van der Waals surface area contributed by atoms with E-state index in [0.717, 1.165) is 45.9 Å². The molecule has 26 heavy (non-hydrogen) atoms. The summed E-state index contributed by atoms with van der Waals surface area (Å²) in [6.45, 7) is 1.97. The maximum Gasteiger partial charge on any atom is 0.341 e. The summed E-state index contributed by atoms with van der Waals surface area (Å²) in [4.78, 5) is 24.1. The minimum atomic E-state index is -1.18. The van der Waals surface area contributed by atoms with Crippen LogP contribution < -0.4 is 16.6 Å². The number of nitrogen functional groups attached to an aromatic ring is 1. The van der Waals surface area contributed by atoms with E-state index in [1.165, 1.54) is 4.40 Å². The van der Waals surface area contributed by atoms with Gasteiger partial charge < -0.3 is 10.8 Å². The molecule has 2 aromatic heterocycles. The molecular weight excluding hydrogens is 347 g/mol. The van der Waals surface area contributed by atoms with E-state index in [0.29, 0.717) is 11.6 Å². The lowest BCUT2D eigenvalue weighted by Crippen LogP contribution is -2.23. The second-order valence-corrected chi connectivity index (χ2v) is 7.53. The van der Waals surface area contributed by atoms with Crippen LogP contribution >= 0.6 is 9.24 Å². The lowest BCUT2D eigenvalue weighted by molar-refractivity contribution is 0.0694. The van der Waals surface area contributed by atoms with Crippen molar-refractivity contribution in [3.8, 4) is 11.1 Å². The summed E-state index contributed by atoms with van der Waals surface area (Å²) >= 11 is 0. The van der Waals surface area contributed by atoms with Gasteiger partial charge in [0.25, 0.3) is 5.56 Å². The van der Waals surface area contributed by atoms with Crippen molar-refractivity contribution in [3.05, 3.63) is 63.6 Å². The van der Waals surface area contributed by atoms with Crippen molar-refractivity contribution in [1.29, 1.82) is 0 Å². The van der Waals surface area contributed by atoms with Gasteiger partial charge in [-0.25, -0.2) is 4.79 Å². The Kier molecular flexibility index (Phi) is 3.85. The molecule has 5 nitrogen and oxygen atoms in total. The molecule has 2 heterocycles. The molecule has 0 amide bonds. The summed E-state index contributed by atoms with van der Waals surface area (Å²) in [6, 6.07) is 9.23. The first-order chi connectivity index (χ1) is 12.4. The van der Waals surface area contributed by atoms with Crippen molar-refractivity contribution in [2.75, 3.05) is 5.73 Å². The van der Waals surface area contributed by atoms with Crippen molar-refractivity contribution < 1.29 is 9.90 Å². The molecule has 1 aromatic carbocycles. The van der Waals surface area contributed by atoms with Gasteiger partial charge in [0.15, 0.2) is 0 Å². The summed E-state index contributed by atoms with van der Waals surface area (Å²) in [5, 5.41) is 10.4. The maximum atomic E-state index is 12.6. The van der Waals surface area contributed by atoms with Crippen LogP contribution in [0.4, 0.5) is 5.69 Å². The number of anilines is 1. The van der Waals surface area contributed by atoms with Crippen LogP contribution in [-0.2, 0) is 0 Å². The smallest absolute Gasteiger partial charge is 0.341 e. The molecule has 0 bridgehead atoms. The Morgan fingerprint density at radius 3 is 2.62 bits per heavy atom. The second-order valence-electron chi connectivity index (χ2n) is 6.86. The molecule has 1 saturated carbocycles. The fraction of sp³-hybridized carbons (Fsp3) is 0.200. The summed E-state index contributed by atoms with van der Waals surface area (Å²) in [5.74, 6) is -0.868. The SMILES string of the molecule is Cc1c(-c2cc(N)cc(P)c2)ccn2c(=O)c(C(=O)O)cc(C3CC3)c12. The fourth-order valence-corrected chi connectivity index (χ4v) is 3.97. The van der Waals surface area contributed by atoms with E-state index in [2.05, 4.69) is 9.24 Å². The number of benzene rings is 1. The number of carbonyl (C=O) groups is 1.